The van der Waals surface area contributed by atoms with Gasteiger partial charge in [0.15, 0.2) is 0 Å². The number of nitrogens with zero attached hydrogens (tertiary/aromatic N) is 1. The first-order valence-electron chi connectivity index (χ1n) is 5.47. The maximum absolute atomic E-state index is 10.9. The van der Waals surface area contributed by atoms with Gasteiger partial charge in [0.05, 0.1) is 10.5 Å². The highest BCUT2D eigenvalue weighted by Crippen LogP contribution is 2.24. The predicted octanol–water partition coefficient (Wildman–Crippen LogP) is 3.41. The molecule has 2 N–H and O–H groups in total. The highest BCUT2D eigenvalue weighted by Gasteiger charge is 2.14. The maximum atomic E-state index is 10.9. The molecule has 0 saturated heterocycles. The lowest BCUT2D eigenvalue weighted by molar-refractivity contribution is -0.385. The maximum Gasteiger partial charge on any atom is 0.276 e. The molecule has 19 heavy (non-hydrogen) atoms. The minimum absolute atomic E-state index is 0.0140. The van der Waals surface area contributed by atoms with Crippen LogP contribution >= 0.6 is 11.6 Å². The zero-order valence-corrected chi connectivity index (χ0v) is 10.6. The van der Waals surface area contributed by atoms with Crippen LogP contribution in [0, 0.1) is 10.1 Å². The molecule has 98 valence electrons. The van der Waals surface area contributed by atoms with Gasteiger partial charge >= 0.3 is 0 Å². The largest absolute Gasteiger partial charge is 0.489 e. The third kappa shape index (κ3) is 3.35. The molecule has 2 aromatic carbocycles. The zero-order chi connectivity index (χ0) is 13.8. The first kappa shape index (κ1) is 13.2. The molecule has 0 bridgehead atoms. The fourth-order valence-corrected chi connectivity index (χ4v) is 1.77. The van der Waals surface area contributed by atoms with Crippen molar-refractivity contribution in [1.82, 2.24) is 0 Å². The van der Waals surface area contributed by atoms with Crippen molar-refractivity contribution in [2.24, 2.45) is 0 Å². The number of anilines is 1. The summed E-state index contributed by atoms with van der Waals surface area (Å²) in [4.78, 5) is 10.4. The van der Waals surface area contributed by atoms with E-state index >= 15 is 0 Å². The molecule has 6 heteroatoms. The number of halogens is 1. The van der Waals surface area contributed by atoms with Gasteiger partial charge in [-0.2, -0.15) is 0 Å². The molecule has 0 saturated carbocycles. The molecule has 0 aliphatic rings. The SMILES string of the molecule is Nc1ccc(OCc2cc(Cl)ccc2[N+](=O)[O-])cc1. The van der Waals surface area contributed by atoms with Gasteiger partial charge in [0.2, 0.25) is 0 Å². The summed E-state index contributed by atoms with van der Waals surface area (Å²) in [5.74, 6) is 0.587. The Kier molecular flexibility index (Phi) is 3.87. The number of ether oxygens (including phenoxy) is 1. The average molecular weight is 279 g/mol. The van der Waals surface area contributed by atoms with Crippen molar-refractivity contribution in [3.8, 4) is 5.75 Å². The zero-order valence-electron chi connectivity index (χ0n) is 9.88. The lowest BCUT2D eigenvalue weighted by Crippen LogP contribution is -2.00. The summed E-state index contributed by atoms with van der Waals surface area (Å²) in [6, 6.07) is 11.2. The molecule has 0 heterocycles. The summed E-state index contributed by atoms with van der Waals surface area (Å²) >= 11 is 5.83. The van der Waals surface area contributed by atoms with E-state index in [9.17, 15) is 10.1 Å². The second kappa shape index (κ2) is 5.58. The van der Waals surface area contributed by atoms with Crippen LogP contribution in [0.5, 0.6) is 5.75 Å². The van der Waals surface area contributed by atoms with Crippen LogP contribution in [0.4, 0.5) is 11.4 Å². The fourth-order valence-electron chi connectivity index (χ4n) is 1.57. The predicted molar refractivity (Wildman–Crippen MR) is 73.3 cm³/mol. The number of nitro benzene ring substituents is 1. The molecule has 2 aromatic rings. The van der Waals surface area contributed by atoms with Gasteiger partial charge in [0.1, 0.15) is 12.4 Å². The van der Waals surface area contributed by atoms with E-state index in [1.165, 1.54) is 18.2 Å². The molecule has 2 rings (SSSR count). The molecule has 0 aliphatic heterocycles. The monoisotopic (exact) mass is 278 g/mol. The van der Waals surface area contributed by atoms with Crippen molar-refractivity contribution in [2.45, 2.75) is 6.61 Å². The van der Waals surface area contributed by atoms with Crippen LogP contribution in [0.2, 0.25) is 5.02 Å². The molecular formula is C13H11ClN2O3. The van der Waals surface area contributed by atoms with Gasteiger partial charge < -0.3 is 10.5 Å². The molecule has 0 fully saturated rings. The van der Waals surface area contributed by atoms with Crippen molar-refractivity contribution < 1.29 is 9.66 Å². The van der Waals surface area contributed by atoms with Gasteiger partial charge in [-0.1, -0.05) is 11.6 Å². The van der Waals surface area contributed by atoms with Crippen LogP contribution in [0.3, 0.4) is 0 Å². The Balaban J connectivity index is 2.16. The fraction of sp³-hybridized carbons (Fsp3) is 0.0769. The van der Waals surface area contributed by atoms with Crippen molar-refractivity contribution in [2.75, 3.05) is 5.73 Å². The molecule has 5 nitrogen and oxygen atoms in total. The van der Waals surface area contributed by atoms with Crippen LogP contribution in [-0.2, 0) is 6.61 Å². The third-order valence-corrected chi connectivity index (χ3v) is 2.75. The Hall–Kier alpha value is -2.27. The number of rotatable bonds is 4. The van der Waals surface area contributed by atoms with E-state index in [4.69, 9.17) is 22.1 Å². The lowest BCUT2D eigenvalue weighted by Gasteiger charge is -2.07. The smallest absolute Gasteiger partial charge is 0.276 e. The number of nitro groups is 1. The Labute approximate surface area is 114 Å². The number of benzene rings is 2. The molecule has 0 radical (unpaired) electrons. The van der Waals surface area contributed by atoms with Crippen LogP contribution in [0.15, 0.2) is 42.5 Å². The highest BCUT2D eigenvalue weighted by atomic mass is 35.5. The Bertz CT molecular complexity index is 599. The second-order valence-electron chi connectivity index (χ2n) is 3.89. The van der Waals surface area contributed by atoms with Crippen LogP contribution in [-0.4, -0.2) is 4.92 Å². The first-order chi connectivity index (χ1) is 9.06. The van der Waals surface area contributed by atoms with Gasteiger partial charge in [-0.15, -0.1) is 0 Å². The van der Waals surface area contributed by atoms with Crippen molar-refractivity contribution in [3.05, 3.63) is 63.2 Å². The molecule has 0 aliphatic carbocycles. The van der Waals surface area contributed by atoms with Gasteiger partial charge in [-0.3, -0.25) is 10.1 Å². The van der Waals surface area contributed by atoms with E-state index in [0.717, 1.165) is 0 Å². The molecule has 0 spiro atoms. The standard InChI is InChI=1S/C13H11ClN2O3/c14-10-1-6-13(16(17)18)9(7-10)8-19-12-4-2-11(15)3-5-12/h1-7H,8,15H2. The minimum atomic E-state index is -0.460. The Morgan fingerprint density at radius 1 is 1.21 bits per heavy atom. The van der Waals surface area contributed by atoms with Gasteiger partial charge in [0.25, 0.3) is 5.69 Å². The van der Waals surface area contributed by atoms with Crippen molar-refractivity contribution in [3.63, 3.8) is 0 Å². The summed E-state index contributed by atoms with van der Waals surface area (Å²) < 4.78 is 5.47. The van der Waals surface area contributed by atoms with Crippen molar-refractivity contribution in [1.29, 1.82) is 0 Å². The van der Waals surface area contributed by atoms with E-state index in [0.29, 0.717) is 22.0 Å². The molecule has 0 aromatic heterocycles. The Morgan fingerprint density at radius 3 is 2.53 bits per heavy atom. The van der Waals surface area contributed by atoms with Gasteiger partial charge in [0, 0.05) is 16.8 Å². The summed E-state index contributed by atoms with van der Waals surface area (Å²) in [5, 5.41) is 11.3. The van der Waals surface area contributed by atoms with E-state index in [-0.39, 0.29) is 12.3 Å². The van der Waals surface area contributed by atoms with E-state index < -0.39 is 4.92 Å². The molecular weight excluding hydrogens is 268 g/mol. The molecule has 0 amide bonds. The van der Waals surface area contributed by atoms with Crippen LogP contribution < -0.4 is 10.5 Å². The quantitative estimate of drug-likeness (QED) is 0.528. The summed E-state index contributed by atoms with van der Waals surface area (Å²) in [7, 11) is 0. The summed E-state index contributed by atoms with van der Waals surface area (Å²) in [5.41, 5.74) is 6.59. The van der Waals surface area contributed by atoms with Crippen LogP contribution in [0.1, 0.15) is 5.56 Å². The lowest BCUT2D eigenvalue weighted by atomic mass is 10.2. The van der Waals surface area contributed by atoms with Gasteiger partial charge in [-0.05, 0) is 36.4 Å². The highest BCUT2D eigenvalue weighted by molar-refractivity contribution is 6.30. The number of nitrogen functional groups attached to an aromatic ring is 1. The van der Waals surface area contributed by atoms with E-state index in [1.807, 2.05) is 0 Å². The number of hydrogen-bond donors (Lipinski definition) is 1. The third-order valence-electron chi connectivity index (χ3n) is 2.51. The average Bonchev–Trinajstić information content (AvgIpc) is 2.38. The number of nitrogens with two attached hydrogens (primary N) is 1. The van der Waals surface area contributed by atoms with E-state index in [2.05, 4.69) is 0 Å². The minimum Gasteiger partial charge on any atom is -0.489 e. The second-order valence-corrected chi connectivity index (χ2v) is 4.32. The summed E-state index contributed by atoms with van der Waals surface area (Å²) in [6.07, 6.45) is 0. The summed E-state index contributed by atoms with van der Waals surface area (Å²) in [6.45, 7) is 0.0702. The van der Waals surface area contributed by atoms with Crippen molar-refractivity contribution >= 4 is 23.0 Å². The Morgan fingerprint density at radius 2 is 1.89 bits per heavy atom. The molecule has 0 unspecified atom stereocenters. The normalized spacial score (nSPS) is 10.2. The number of hydrogen-bond acceptors (Lipinski definition) is 4. The first-order valence-corrected chi connectivity index (χ1v) is 5.85. The van der Waals surface area contributed by atoms with Crippen LogP contribution in [0.25, 0.3) is 0 Å². The topological polar surface area (TPSA) is 78.4 Å². The van der Waals surface area contributed by atoms with E-state index in [1.54, 1.807) is 24.3 Å². The van der Waals surface area contributed by atoms with Gasteiger partial charge in [-0.25, -0.2) is 0 Å². The molecule has 0 atom stereocenters.